The number of amides is 1. The highest BCUT2D eigenvalue weighted by Crippen LogP contribution is 2.43. The van der Waals surface area contributed by atoms with Crippen LogP contribution < -0.4 is 5.32 Å². The summed E-state index contributed by atoms with van der Waals surface area (Å²) in [4.78, 5) is 14.4. The number of halogens is 3. The van der Waals surface area contributed by atoms with Crippen molar-refractivity contribution in [2.24, 2.45) is 5.92 Å². The zero-order chi connectivity index (χ0) is 16.1. The Labute approximate surface area is 127 Å². The van der Waals surface area contributed by atoms with E-state index < -0.39 is 17.6 Å². The standard InChI is InChI=1S/C16H19F3N2O/c1-9(2)6-10-7-20-8-13-11-4-3-5-12(16(17,18)19)14(11)15(22)21(10)13/h3-5,9-10,13,20H,6-8H2,1-2H3/t10?,13-/m0/s1. The summed E-state index contributed by atoms with van der Waals surface area (Å²) in [5, 5.41) is 3.26. The normalized spacial score (nSPS) is 24.6. The van der Waals surface area contributed by atoms with Gasteiger partial charge in [-0.2, -0.15) is 13.2 Å². The highest BCUT2D eigenvalue weighted by molar-refractivity contribution is 6.01. The van der Waals surface area contributed by atoms with Crippen LogP contribution in [0.15, 0.2) is 18.2 Å². The molecule has 2 heterocycles. The number of rotatable bonds is 2. The molecule has 3 nitrogen and oxygen atoms in total. The number of alkyl halides is 3. The van der Waals surface area contributed by atoms with Crippen molar-refractivity contribution in [2.45, 2.75) is 38.5 Å². The van der Waals surface area contributed by atoms with Gasteiger partial charge in [-0.3, -0.25) is 4.79 Å². The van der Waals surface area contributed by atoms with E-state index in [-0.39, 0.29) is 17.6 Å². The molecular formula is C16H19F3N2O. The number of hydrogen-bond donors (Lipinski definition) is 1. The molecule has 1 unspecified atom stereocenters. The first-order valence-corrected chi connectivity index (χ1v) is 7.54. The molecule has 2 atom stereocenters. The van der Waals surface area contributed by atoms with Gasteiger partial charge in [-0.15, -0.1) is 0 Å². The third kappa shape index (κ3) is 2.39. The van der Waals surface area contributed by atoms with Crippen molar-refractivity contribution >= 4 is 5.91 Å². The van der Waals surface area contributed by atoms with E-state index in [1.165, 1.54) is 6.07 Å². The summed E-state index contributed by atoms with van der Waals surface area (Å²) in [7, 11) is 0. The lowest BCUT2D eigenvalue weighted by Crippen LogP contribution is -2.52. The van der Waals surface area contributed by atoms with Crippen molar-refractivity contribution in [1.82, 2.24) is 10.2 Å². The van der Waals surface area contributed by atoms with E-state index in [0.29, 0.717) is 24.6 Å². The van der Waals surface area contributed by atoms with E-state index in [1.54, 1.807) is 11.0 Å². The predicted octanol–water partition coefficient (Wildman–Crippen LogP) is 3.22. The van der Waals surface area contributed by atoms with Gasteiger partial charge in [-0.1, -0.05) is 26.0 Å². The number of hydrogen-bond acceptors (Lipinski definition) is 2. The number of fused-ring (bicyclic) bond motifs is 3. The minimum absolute atomic E-state index is 0.0558. The van der Waals surface area contributed by atoms with Crippen LogP contribution in [0.4, 0.5) is 13.2 Å². The monoisotopic (exact) mass is 312 g/mol. The molecule has 1 saturated heterocycles. The second kappa shape index (κ2) is 5.26. The second-order valence-corrected chi connectivity index (χ2v) is 6.44. The zero-order valence-corrected chi connectivity index (χ0v) is 12.6. The molecule has 22 heavy (non-hydrogen) atoms. The first-order chi connectivity index (χ1) is 10.3. The van der Waals surface area contributed by atoms with E-state index in [2.05, 4.69) is 19.2 Å². The van der Waals surface area contributed by atoms with E-state index >= 15 is 0 Å². The van der Waals surface area contributed by atoms with Gasteiger partial charge in [0.1, 0.15) is 0 Å². The van der Waals surface area contributed by atoms with E-state index in [0.717, 1.165) is 12.5 Å². The van der Waals surface area contributed by atoms with Crippen molar-refractivity contribution in [3.05, 3.63) is 34.9 Å². The van der Waals surface area contributed by atoms with Crippen LogP contribution in [-0.4, -0.2) is 29.9 Å². The number of piperazine rings is 1. The molecule has 1 fully saturated rings. The number of nitrogens with zero attached hydrogens (tertiary/aromatic N) is 1. The van der Waals surface area contributed by atoms with Crippen LogP contribution in [0, 0.1) is 5.92 Å². The van der Waals surface area contributed by atoms with Gasteiger partial charge >= 0.3 is 6.18 Å². The molecule has 2 aliphatic heterocycles. The first-order valence-electron chi connectivity index (χ1n) is 7.54. The minimum atomic E-state index is -4.50. The lowest BCUT2D eigenvalue weighted by Gasteiger charge is -2.39. The topological polar surface area (TPSA) is 32.3 Å². The largest absolute Gasteiger partial charge is 0.417 e. The van der Waals surface area contributed by atoms with Gasteiger partial charge in [-0.05, 0) is 24.0 Å². The summed E-state index contributed by atoms with van der Waals surface area (Å²) in [6, 6.07) is 3.69. The molecule has 0 spiro atoms. The van der Waals surface area contributed by atoms with Crippen LogP contribution in [0.2, 0.25) is 0 Å². The molecule has 1 aromatic carbocycles. The molecule has 0 aromatic heterocycles. The first kappa shape index (κ1) is 15.3. The third-order valence-electron chi connectivity index (χ3n) is 4.40. The van der Waals surface area contributed by atoms with Gasteiger partial charge in [0.25, 0.3) is 5.91 Å². The van der Waals surface area contributed by atoms with Gasteiger partial charge in [0.15, 0.2) is 0 Å². The Morgan fingerprint density at radius 2 is 2.05 bits per heavy atom. The summed E-state index contributed by atoms with van der Waals surface area (Å²) in [6.45, 7) is 5.25. The highest BCUT2D eigenvalue weighted by Gasteiger charge is 2.47. The number of carbonyl (C=O) groups is 1. The molecule has 1 amide bonds. The Hall–Kier alpha value is -1.56. The van der Waals surface area contributed by atoms with Crippen molar-refractivity contribution in [3.63, 3.8) is 0 Å². The van der Waals surface area contributed by atoms with Crippen LogP contribution in [-0.2, 0) is 6.18 Å². The molecule has 6 heteroatoms. The van der Waals surface area contributed by atoms with Gasteiger partial charge in [0, 0.05) is 19.1 Å². The summed E-state index contributed by atoms with van der Waals surface area (Å²) in [5.41, 5.74) is -0.467. The van der Waals surface area contributed by atoms with Crippen LogP contribution in [0.5, 0.6) is 0 Å². The molecule has 2 aliphatic rings. The van der Waals surface area contributed by atoms with Gasteiger partial charge in [-0.25, -0.2) is 0 Å². The quantitative estimate of drug-likeness (QED) is 0.909. The maximum Gasteiger partial charge on any atom is 0.417 e. The molecule has 120 valence electrons. The third-order valence-corrected chi connectivity index (χ3v) is 4.40. The van der Waals surface area contributed by atoms with Crippen LogP contribution in [0.3, 0.4) is 0 Å². The van der Waals surface area contributed by atoms with E-state index in [9.17, 15) is 18.0 Å². The van der Waals surface area contributed by atoms with Gasteiger partial charge in [0.2, 0.25) is 0 Å². The van der Waals surface area contributed by atoms with Crippen LogP contribution in [0.1, 0.15) is 47.8 Å². The molecule has 0 saturated carbocycles. The summed E-state index contributed by atoms with van der Waals surface area (Å²) in [6.07, 6.45) is -3.72. The fraction of sp³-hybridized carbons (Fsp3) is 0.562. The lowest BCUT2D eigenvalue weighted by molar-refractivity contribution is -0.137. The molecule has 1 aromatic rings. The predicted molar refractivity (Wildman–Crippen MR) is 76.5 cm³/mol. The van der Waals surface area contributed by atoms with Crippen LogP contribution >= 0.6 is 0 Å². The summed E-state index contributed by atoms with van der Waals surface area (Å²) in [5.74, 6) is -0.0933. The van der Waals surface area contributed by atoms with E-state index in [4.69, 9.17) is 0 Å². The fourth-order valence-electron chi connectivity index (χ4n) is 3.60. The Bertz CT molecular complexity index is 598. The van der Waals surface area contributed by atoms with Crippen molar-refractivity contribution in [1.29, 1.82) is 0 Å². The average Bonchev–Trinajstić information content (AvgIpc) is 2.72. The highest BCUT2D eigenvalue weighted by atomic mass is 19.4. The Morgan fingerprint density at radius 1 is 1.32 bits per heavy atom. The molecule has 0 radical (unpaired) electrons. The van der Waals surface area contributed by atoms with Crippen LogP contribution in [0.25, 0.3) is 0 Å². The molecule has 0 aliphatic carbocycles. The Balaban J connectivity index is 2.05. The van der Waals surface area contributed by atoms with Gasteiger partial charge < -0.3 is 10.2 Å². The zero-order valence-electron chi connectivity index (χ0n) is 12.6. The van der Waals surface area contributed by atoms with Crippen molar-refractivity contribution in [3.8, 4) is 0 Å². The Kier molecular flexibility index (Phi) is 3.67. The minimum Gasteiger partial charge on any atom is -0.326 e. The van der Waals surface area contributed by atoms with Gasteiger partial charge in [0.05, 0.1) is 17.2 Å². The number of benzene rings is 1. The maximum absolute atomic E-state index is 13.2. The maximum atomic E-state index is 13.2. The SMILES string of the molecule is CC(C)CC1CNC[C@H]2c3cccc(C(F)(F)F)c3C(=O)N12. The number of carbonyl (C=O) groups excluding carboxylic acids is 1. The smallest absolute Gasteiger partial charge is 0.326 e. The second-order valence-electron chi connectivity index (χ2n) is 6.44. The Morgan fingerprint density at radius 3 is 2.68 bits per heavy atom. The fourth-order valence-corrected chi connectivity index (χ4v) is 3.60. The van der Waals surface area contributed by atoms with Crippen molar-refractivity contribution in [2.75, 3.05) is 13.1 Å². The average molecular weight is 312 g/mol. The van der Waals surface area contributed by atoms with Crippen molar-refractivity contribution < 1.29 is 18.0 Å². The molecule has 1 N–H and O–H groups in total. The lowest BCUT2D eigenvalue weighted by atomic mass is 9.96. The summed E-state index contributed by atoms with van der Waals surface area (Å²) < 4.78 is 39.6. The molecular weight excluding hydrogens is 293 g/mol. The number of nitrogens with one attached hydrogen (secondary N) is 1. The van der Waals surface area contributed by atoms with E-state index in [1.807, 2.05) is 0 Å². The molecule has 3 rings (SSSR count). The summed E-state index contributed by atoms with van der Waals surface area (Å²) >= 11 is 0. The molecule has 0 bridgehead atoms.